The zero-order chi connectivity index (χ0) is 19.6. The molecule has 6 nitrogen and oxygen atoms in total. The highest BCUT2D eigenvalue weighted by Gasteiger charge is 2.25. The van der Waals surface area contributed by atoms with E-state index in [-0.39, 0.29) is 12.0 Å². The molecule has 0 bridgehead atoms. The molecule has 0 fully saturated rings. The number of hydrogen-bond donors (Lipinski definition) is 0. The number of hydrogen-bond acceptors (Lipinski definition) is 5. The first-order valence-electron chi connectivity index (χ1n) is 8.67. The van der Waals surface area contributed by atoms with Crippen molar-refractivity contribution in [2.45, 2.75) is 60.1 Å². The standard InChI is InChI=1S/C19H33NO5/c1-9-23-15(13-17(21)24-10-2)11-12-16(14(3)4)20(8)18(22)25-19(5,6)7/h11-14,16H,9-10H2,1-8H3/b12-11+,15-13+/t16-/m1/s1. The van der Waals surface area contributed by atoms with Gasteiger partial charge in [0.25, 0.3) is 0 Å². The van der Waals surface area contributed by atoms with Gasteiger partial charge < -0.3 is 19.1 Å². The number of allylic oxidation sites excluding steroid dienone is 1. The smallest absolute Gasteiger partial charge is 0.410 e. The third-order valence-corrected chi connectivity index (χ3v) is 3.13. The van der Waals surface area contributed by atoms with E-state index in [0.29, 0.717) is 19.0 Å². The van der Waals surface area contributed by atoms with Crippen LogP contribution >= 0.6 is 0 Å². The van der Waals surface area contributed by atoms with Gasteiger partial charge in [0.1, 0.15) is 11.4 Å². The average molecular weight is 355 g/mol. The molecular formula is C19H33NO5. The SMILES string of the molecule is CCOC(=O)/C=C(\C=C\[C@H](C(C)C)N(C)C(=O)OC(C)(C)C)OCC. The van der Waals surface area contributed by atoms with Crippen molar-refractivity contribution in [1.82, 2.24) is 4.90 Å². The van der Waals surface area contributed by atoms with Gasteiger partial charge in [-0.2, -0.15) is 0 Å². The summed E-state index contributed by atoms with van der Waals surface area (Å²) < 4.78 is 15.8. The minimum Gasteiger partial charge on any atom is -0.494 e. The predicted molar refractivity (Wildman–Crippen MR) is 98.1 cm³/mol. The molecule has 0 radical (unpaired) electrons. The highest BCUT2D eigenvalue weighted by atomic mass is 16.6. The molecule has 0 saturated carbocycles. The summed E-state index contributed by atoms with van der Waals surface area (Å²) in [5.41, 5.74) is -0.559. The maximum atomic E-state index is 12.3. The van der Waals surface area contributed by atoms with Crippen LogP contribution in [0.4, 0.5) is 4.79 Å². The summed E-state index contributed by atoms with van der Waals surface area (Å²) in [7, 11) is 1.69. The van der Waals surface area contributed by atoms with Gasteiger partial charge in [-0.25, -0.2) is 9.59 Å². The largest absolute Gasteiger partial charge is 0.494 e. The van der Waals surface area contributed by atoms with Crippen LogP contribution in [0.25, 0.3) is 0 Å². The van der Waals surface area contributed by atoms with Crippen LogP contribution in [0.3, 0.4) is 0 Å². The second-order valence-corrected chi connectivity index (χ2v) is 6.92. The predicted octanol–water partition coefficient (Wildman–Crippen LogP) is 3.92. The zero-order valence-corrected chi connectivity index (χ0v) is 16.8. The fraction of sp³-hybridized carbons (Fsp3) is 0.684. The first kappa shape index (κ1) is 23.0. The second-order valence-electron chi connectivity index (χ2n) is 6.92. The minimum atomic E-state index is -0.559. The molecule has 25 heavy (non-hydrogen) atoms. The van der Waals surface area contributed by atoms with Crippen LogP contribution in [-0.4, -0.2) is 48.9 Å². The van der Waals surface area contributed by atoms with Gasteiger partial charge in [-0.15, -0.1) is 0 Å². The summed E-state index contributed by atoms with van der Waals surface area (Å²) >= 11 is 0. The maximum absolute atomic E-state index is 12.3. The molecule has 0 spiro atoms. The number of carbonyl (C=O) groups excluding carboxylic acids is 2. The van der Waals surface area contributed by atoms with E-state index in [0.717, 1.165) is 0 Å². The Kier molecular flexibility index (Phi) is 9.94. The molecule has 0 aromatic rings. The molecular weight excluding hydrogens is 322 g/mol. The summed E-state index contributed by atoms with van der Waals surface area (Å²) in [5, 5.41) is 0. The van der Waals surface area contributed by atoms with E-state index in [9.17, 15) is 9.59 Å². The Morgan fingerprint density at radius 2 is 1.64 bits per heavy atom. The number of likely N-dealkylation sites (N-methyl/N-ethyl adjacent to an activating group) is 1. The summed E-state index contributed by atoms with van der Waals surface area (Å²) in [5.74, 6) is 0.0839. The maximum Gasteiger partial charge on any atom is 0.410 e. The van der Waals surface area contributed by atoms with Gasteiger partial charge >= 0.3 is 12.1 Å². The van der Waals surface area contributed by atoms with Crippen molar-refractivity contribution in [2.75, 3.05) is 20.3 Å². The van der Waals surface area contributed by atoms with Crippen molar-refractivity contribution in [3.8, 4) is 0 Å². The van der Waals surface area contributed by atoms with Gasteiger partial charge in [0.05, 0.1) is 25.3 Å². The van der Waals surface area contributed by atoms with E-state index in [4.69, 9.17) is 14.2 Å². The molecule has 0 heterocycles. The van der Waals surface area contributed by atoms with Crippen LogP contribution in [0.2, 0.25) is 0 Å². The van der Waals surface area contributed by atoms with Gasteiger partial charge in [-0.1, -0.05) is 19.9 Å². The Morgan fingerprint density at radius 1 is 1.08 bits per heavy atom. The van der Waals surface area contributed by atoms with Gasteiger partial charge in [0.2, 0.25) is 0 Å². The van der Waals surface area contributed by atoms with E-state index < -0.39 is 17.7 Å². The molecule has 0 saturated heterocycles. The number of ether oxygens (including phenoxy) is 3. The van der Waals surface area contributed by atoms with Crippen molar-refractivity contribution < 1.29 is 23.8 Å². The van der Waals surface area contributed by atoms with Crippen molar-refractivity contribution >= 4 is 12.1 Å². The lowest BCUT2D eigenvalue weighted by molar-refractivity contribution is -0.137. The van der Waals surface area contributed by atoms with Crippen molar-refractivity contribution in [2.24, 2.45) is 5.92 Å². The Labute approximate surface area is 151 Å². The number of nitrogens with zero attached hydrogens (tertiary/aromatic N) is 1. The monoisotopic (exact) mass is 355 g/mol. The minimum absolute atomic E-state index is 0.152. The lowest BCUT2D eigenvalue weighted by Gasteiger charge is -2.31. The Morgan fingerprint density at radius 3 is 2.08 bits per heavy atom. The second kappa shape index (κ2) is 10.8. The summed E-state index contributed by atoms with van der Waals surface area (Å²) in [4.78, 5) is 25.4. The van der Waals surface area contributed by atoms with E-state index in [1.165, 1.54) is 6.08 Å². The van der Waals surface area contributed by atoms with Crippen molar-refractivity contribution in [1.29, 1.82) is 0 Å². The topological polar surface area (TPSA) is 65.1 Å². The fourth-order valence-electron chi connectivity index (χ4n) is 2.05. The first-order valence-corrected chi connectivity index (χ1v) is 8.67. The molecule has 6 heteroatoms. The zero-order valence-electron chi connectivity index (χ0n) is 16.8. The van der Waals surface area contributed by atoms with Crippen LogP contribution < -0.4 is 0 Å². The van der Waals surface area contributed by atoms with Crippen LogP contribution in [-0.2, 0) is 19.0 Å². The average Bonchev–Trinajstić information content (AvgIpc) is 2.45. The molecule has 0 aromatic carbocycles. The van der Waals surface area contributed by atoms with Crippen LogP contribution in [0, 0.1) is 5.92 Å². The molecule has 0 rings (SSSR count). The highest BCUT2D eigenvalue weighted by molar-refractivity contribution is 5.82. The third-order valence-electron chi connectivity index (χ3n) is 3.13. The molecule has 0 aliphatic carbocycles. The summed E-state index contributed by atoms with van der Waals surface area (Å²) in [6.45, 7) is 13.8. The Balaban J connectivity index is 5.28. The molecule has 0 aliphatic heterocycles. The van der Waals surface area contributed by atoms with Crippen molar-refractivity contribution in [3.05, 3.63) is 24.0 Å². The molecule has 144 valence electrons. The quantitative estimate of drug-likeness (QED) is 0.286. The van der Waals surface area contributed by atoms with Gasteiger partial charge in [0, 0.05) is 7.05 Å². The van der Waals surface area contributed by atoms with Gasteiger partial charge in [0.15, 0.2) is 0 Å². The Bertz CT molecular complexity index is 489. The first-order chi connectivity index (χ1) is 11.5. The van der Waals surface area contributed by atoms with Crippen LogP contribution in [0.5, 0.6) is 0 Å². The van der Waals surface area contributed by atoms with Crippen LogP contribution in [0.15, 0.2) is 24.0 Å². The van der Waals surface area contributed by atoms with Crippen molar-refractivity contribution in [3.63, 3.8) is 0 Å². The summed E-state index contributed by atoms with van der Waals surface area (Å²) in [6.07, 6.45) is 4.42. The fourth-order valence-corrected chi connectivity index (χ4v) is 2.05. The van der Waals surface area contributed by atoms with E-state index in [1.54, 1.807) is 24.9 Å². The van der Waals surface area contributed by atoms with Crippen LogP contribution in [0.1, 0.15) is 48.5 Å². The third kappa shape index (κ3) is 9.79. The Hall–Kier alpha value is -1.98. The van der Waals surface area contributed by atoms with E-state index in [1.807, 2.05) is 47.6 Å². The number of esters is 1. The molecule has 0 N–H and O–H groups in total. The van der Waals surface area contributed by atoms with Gasteiger partial charge in [-0.05, 0) is 46.6 Å². The normalized spacial score (nSPS) is 13.7. The van der Waals surface area contributed by atoms with E-state index in [2.05, 4.69) is 0 Å². The van der Waals surface area contributed by atoms with Gasteiger partial charge in [-0.3, -0.25) is 0 Å². The lowest BCUT2D eigenvalue weighted by Crippen LogP contribution is -2.42. The molecule has 0 aliphatic rings. The molecule has 0 aromatic heterocycles. The lowest BCUT2D eigenvalue weighted by atomic mass is 10.0. The van der Waals surface area contributed by atoms with E-state index >= 15 is 0 Å². The number of rotatable bonds is 8. The molecule has 0 unspecified atom stereocenters. The molecule has 1 amide bonds. The number of carbonyl (C=O) groups is 2. The summed E-state index contributed by atoms with van der Waals surface area (Å²) in [6, 6.07) is -0.207. The number of amides is 1. The molecule has 1 atom stereocenters. The highest BCUT2D eigenvalue weighted by Crippen LogP contribution is 2.17.